The number of fused-ring (bicyclic) bond motifs is 4. The fourth-order valence-corrected chi connectivity index (χ4v) is 9.74. The number of para-hydroxylation sites is 1. The van der Waals surface area contributed by atoms with Crippen molar-refractivity contribution in [3.05, 3.63) is 271 Å². The first-order chi connectivity index (χ1) is 32.7. The highest BCUT2D eigenvalue weighted by Crippen LogP contribution is 2.47. The van der Waals surface area contributed by atoms with Crippen molar-refractivity contribution >= 4 is 32.7 Å². The summed E-state index contributed by atoms with van der Waals surface area (Å²) in [7, 11) is 0. The van der Waals surface area contributed by atoms with Gasteiger partial charge in [0.15, 0.2) is 17.5 Å². The Morgan fingerprint density at radius 2 is 0.742 bits per heavy atom. The Morgan fingerprint density at radius 1 is 0.288 bits per heavy atom. The summed E-state index contributed by atoms with van der Waals surface area (Å²) in [5.41, 5.74) is 13.1. The quantitative estimate of drug-likeness (QED) is 0.136. The summed E-state index contributed by atoms with van der Waals surface area (Å²) in [6, 6.07) is 88.0. The van der Waals surface area contributed by atoms with Crippen molar-refractivity contribution in [1.82, 2.24) is 15.0 Å². The number of hydrogen-bond acceptors (Lipinski definition) is 4. The minimum absolute atomic E-state index is 0.584. The Hall–Kier alpha value is -8.73. The molecule has 0 saturated heterocycles. The summed E-state index contributed by atoms with van der Waals surface area (Å²) < 4.78 is 6.70. The van der Waals surface area contributed by atoms with Gasteiger partial charge in [-0.05, 0) is 91.7 Å². The lowest BCUT2D eigenvalue weighted by atomic mass is 9.65. The fraction of sp³-hybridized carbons (Fsp3) is 0.0161. The Bertz CT molecular complexity index is 3530. The van der Waals surface area contributed by atoms with Crippen LogP contribution in [0, 0.1) is 0 Å². The largest absolute Gasteiger partial charge is 0.456 e. The molecule has 2 heterocycles. The third-order valence-electron chi connectivity index (χ3n) is 12.8. The van der Waals surface area contributed by atoms with Crippen LogP contribution in [0.3, 0.4) is 0 Å². The van der Waals surface area contributed by atoms with Crippen LogP contribution in [-0.2, 0) is 5.41 Å². The smallest absolute Gasteiger partial charge is 0.164 e. The molecule has 12 rings (SSSR count). The molecule has 0 spiro atoms. The molecule has 4 nitrogen and oxygen atoms in total. The first-order valence-electron chi connectivity index (χ1n) is 22.3. The first kappa shape index (κ1) is 38.9. The summed E-state index contributed by atoms with van der Waals surface area (Å²) in [5.74, 6) is 1.91. The standard InChI is InChI=1S/C62H41N3O/c1-6-19-42(20-7-1)59-63-60(43-21-8-2-9-22-43)65-61(64-59)48-36-35-44-37-46(34-33-45(44)38-48)49-40-55(58-54-31-16-17-32-56(54)66-57(58)41-49)47-23-18-30-53(39-47)62(50-24-10-3-11-25-50,51-26-12-4-13-27-51)52-28-14-5-15-29-52/h1-41H. The topological polar surface area (TPSA) is 51.8 Å². The van der Waals surface area contributed by atoms with E-state index in [4.69, 9.17) is 19.4 Å². The molecule has 0 aliphatic heterocycles. The van der Waals surface area contributed by atoms with Gasteiger partial charge in [0.05, 0.1) is 5.41 Å². The second kappa shape index (κ2) is 16.4. The highest BCUT2D eigenvalue weighted by atomic mass is 16.3. The van der Waals surface area contributed by atoms with Gasteiger partial charge in [0.25, 0.3) is 0 Å². The van der Waals surface area contributed by atoms with E-state index in [0.29, 0.717) is 17.5 Å². The zero-order chi connectivity index (χ0) is 43.9. The minimum atomic E-state index is -0.584. The van der Waals surface area contributed by atoms with Gasteiger partial charge >= 0.3 is 0 Å². The molecule has 0 bridgehead atoms. The van der Waals surface area contributed by atoms with E-state index < -0.39 is 5.41 Å². The summed E-state index contributed by atoms with van der Waals surface area (Å²) in [6.45, 7) is 0. The average Bonchev–Trinajstić information content (AvgIpc) is 3.78. The van der Waals surface area contributed by atoms with Crippen molar-refractivity contribution in [2.24, 2.45) is 0 Å². The van der Waals surface area contributed by atoms with Gasteiger partial charge in [0, 0.05) is 27.5 Å². The van der Waals surface area contributed by atoms with E-state index in [1.54, 1.807) is 0 Å². The molecule has 0 radical (unpaired) electrons. The third-order valence-corrected chi connectivity index (χ3v) is 12.8. The fourth-order valence-electron chi connectivity index (χ4n) is 9.74. The van der Waals surface area contributed by atoms with Gasteiger partial charge in [-0.3, -0.25) is 0 Å². The van der Waals surface area contributed by atoms with Crippen LogP contribution in [0.5, 0.6) is 0 Å². The van der Waals surface area contributed by atoms with E-state index in [1.807, 2.05) is 66.7 Å². The van der Waals surface area contributed by atoms with Gasteiger partial charge in [-0.1, -0.05) is 212 Å². The van der Waals surface area contributed by atoms with Crippen LogP contribution in [0.2, 0.25) is 0 Å². The van der Waals surface area contributed by atoms with Crippen molar-refractivity contribution < 1.29 is 4.42 Å². The molecule has 0 fully saturated rings. The van der Waals surface area contributed by atoms with E-state index in [2.05, 4.69) is 182 Å². The molecular weight excluding hydrogens is 803 g/mol. The molecule has 66 heavy (non-hydrogen) atoms. The highest BCUT2D eigenvalue weighted by Gasteiger charge is 2.38. The Labute approximate surface area is 383 Å². The van der Waals surface area contributed by atoms with Crippen molar-refractivity contribution in [2.45, 2.75) is 5.41 Å². The Morgan fingerprint density at radius 3 is 1.32 bits per heavy atom. The molecule has 0 N–H and O–H groups in total. The minimum Gasteiger partial charge on any atom is -0.456 e. The first-order valence-corrected chi connectivity index (χ1v) is 22.3. The predicted octanol–water partition coefficient (Wildman–Crippen LogP) is 15.6. The lowest BCUT2D eigenvalue weighted by Crippen LogP contribution is -2.31. The monoisotopic (exact) mass is 843 g/mol. The molecular formula is C62H41N3O. The lowest BCUT2D eigenvalue weighted by Gasteiger charge is -2.37. The lowest BCUT2D eigenvalue weighted by molar-refractivity contribution is 0.669. The number of aromatic nitrogens is 3. The van der Waals surface area contributed by atoms with Crippen molar-refractivity contribution in [2.75, 3.05) is 0 Å². The van der Waals surface area contributed by atoms with Gasteiger partial charge in [-0.15, -0.1) is 0 Å². The van der Waals surface area contributed by atoms with Crippen LogP contribution in [0.1, 0.15) is 22.3 Å². The molecule has 4 heteroatoms. The number of furan rings is 1. The molecule has 0 unspecified atom stereocenters. The second-order valence-corrected chi connectivity index (χ2v) is 16.7. The average molecular weight is 844 g/mol. The van der Waals surface area contributed by atoms with Crippen molar-refractivity contribution in [3.63, 3.8) is 0 Å². The molecule has 0 amide bonds. The molecule has 0 saturated carbocycles. The Kier molecular flexibility index (Phi) is 9.69. The van der Waals surface area contributed by atoms with Crippen molar-refractivity contribution in [3.8, 4) is 56.4 Å². The molecule has 310 valence electrons. The SMILES string of the molecule is c1ccc(-c2nc(-c3ccccc3)nc(-c3ccc4cc(-c5cc(-c6cccc(C(c7ccccc7)(c7ccccc7)c7ccccc7)c6)c6c(c5)oc5ccccc56)ccc4c3)n2)cc1. The zero-order valence-corrected chi connectivity index (χ0v) is 35.9. The van der Waals surface area contributed by atoms with Crippen LogP contribution in [-0.4, -0.2) is 15.0 Å². The summed E-state index contributed by atoms with van der Waals surface area (Å²) >= 11 is 0. The van der Waals surface area contributed by atoms with Crippen LogP contribution in [0.15, 0.2) is 253 Å². The third kappa shape index (κ3) is 6.84. The molecule has 10 aromatic carbocycles. The number of benzene rings is 10. The molecule has 0 atom stereocenters. The molecule has 12 aromatic rings. The number of rotatable bonds is 9. The van der Waals surface area contributed by atoms with E-state index in [-0.39, 0.29) is 0 Å². The van der Waals surface area contributed by atoms with Crippen LogP contribution < -0.4 is 0 Å². The zero-order valence-electron chi connectivity index (χ0n) is 35.9. The maximum absolute atomic E-state index is 6.70. The van der Waals surface area contributed by atoms with Gasteiger partial charge in [-0.25, -0.2) is 15.0 Å². The summed E-state index contributed by atoms with van der Waals surface area (Å²) in [4.78, 5) is 14.9. The maximum atomic E-state index is 6.70. The van der Waals surface area contributed by atoms with E-state index in [9.17, 15) is 0 Å². The van der Waals surface area contributed by atoms with Crippen LogP contribution >= 0.6 is 0 Å². The van der Waals surface area contributed by atoms with Crippen LogP contribution in [0.25, 0.3) is 89.1 Å². The summed E-state index contributed by atoms with van der Waals surface area (Å²) in [6.07, 6.45) is 0. The van der Waals surface area contributed by atoms with Gasteiger partial charge < -0.3 is 4.42 Å². The van der Waals surface area contributed by atoms with E-state index >= 15 is 0 Å². The van der Waals surface area contributed by atoms with Crippen molar-refractivity contribution in [1.29, 1.82) is 0 Å². The van der Waals surface area contributed by atoms with E-state index in [0.717, 1.165) is 71.7 Å². The van der Waals surface area contributed by atoms with Gasteiger partial charge in [-0.2, -0.15) is 0 Å². The Balaban J connectivity index is 1.00. The molecule has 0 aliphatic rings. The maximum Gasteiger partial charge on any atom is 0.164 e. The normalized spacial score (nSPS) is 11.6. The number of hydrogen-bond donors (Lipinski definition) is 0. The van der Waals surface area contributed by atoms with Gasteiger partial charge in [0.1, 0.15) is 11.2 Å². The highest BCUT2D eigenvalue weighted by molar-refractivity contribution is 6.14. The summed E-state index contributed by atoms with van der Waals surface area (Å²) in [5, 5.41) is 4.40. The predicted molar refractivity (Wildman–Crippen MR) is 270 cm³/mol. The van der Waals surface area contributed by atoms with Crippen LogP contribution in [0.4, 0.5) is 0 Å². The second-order valence-electron chi connectivity index (χ2n) is 16.7. The molecule has 2 aromatic heterocycles. The van der Waals surface area contributed by atoms with E-state index in [1.165, 1.54) is 22.3 Å². The number of nitrogens with zero attached hydrogens (tertiary/aromatic N) is 3. The molecule has 0 aliphatic carbocycles. The van der Waals surface area contributed by atoms with Gasteiger partial charge in [0.2, 0.25) is 0 Å².